The summed E-state index contributed by atoms with van der Waals surface area (Å²) in [6.45, 7) is 1.07. The predicted octanol–water partition coefficient (Wildman–Crippen LogP) is -2.41. The van der Waals surface area contributed by atoms with Crippen LogP contribution in [0.2, 0.25) is 0 Å². The number of carbonyl (C=O) groups is 1. The largest absolute Gasteiger partial charge is 0.394 e. The molecule has 116 valence electrons. The van der Waals surface area contributed by atoms with Crippen molar-refractivity contribution in [3.05, 3.63) is 32.6 Å². The van der Waals surface area contributed by atoms with Gasteiger partial charge in [0.1, 0.15) is 6.10 Å². The monoisotopic (exact) mass is 299 g/mol. The average molecular weight is 299 g/mol. The summed E-state index contributed by atoms with van der Waals surface area (Å²) in [6, 6.07) is 0. The van der Waals surface area contributed by atoms with Gasteiger partial charge in [-0.15, -0.1) is 0 Å². The standard InChI is InChI=1S/C12H17N3O6/c1-5-3-15(12(20)14-10(5)19)11-9(18)6(2-8(13)17)7(4-16)21-11/h3,6-7,9,11,16,18H,2,4H2,1H3,(H2,13,17)(H,14,19,20)/t6?,7-,9-,11-/m1/s1. The van der Waals surface area contributed by atoms with Crippen LogP contribution in [-0.4, -0.2) is 44.5 Å². The van der Waals surface area contributed by atoms with Gasteiger partial charge in [0, 0.05) is 24.1 Å². The number of nitrogens with one attached hydrogen (secondary N) is 1. The van der Waals surface area contributed by atoms with Crippen LogP contribution < -0.4 is 17.0 Å². The number of aryl methyl sites for hydroxylation is 1. The SMILES string of the molecule is Cc1cn([C@@H]2O[C@H](CO)C(CC(N)=O)[C@H]2O)c(=O)[nH]c1=O. The number of primary amides is 1. The third-order valence-corrected chi connectivity index (χ3v) is 3.56. The van der Waals surface area contributed by atoms with E-state index in [4.69, 9.17) is 10.5 Å². The topological polar surface area (TPSA) is 148 Å². The van der Waals surface area contributed by atoms with Crippen LogP contribution in [0.3, 0.4) is 0 Å². The highest BCUT2D eigenvalue weighted by Gasteiger charge is 2.45. The number of aromatic amines is 1. The maximum absolute atomic E-state index is 11.8. The number of ether oxygens (including phenoxy) is 1. The van der Waals surface area contributed by atoms with E-state index in [2.05, 4.69) is 4.98 Å². The molecule has 5 N–H and O–H groups in total. The molecule has 2 rings (SSSR count). The van der Waals surface area contributed by atoms with Crippen molar-refractivity contribution in [3.8, 4) is 0 Å². The maximum Gasteiger partial charge on any atom is 0.330 e. The van der Waals surface area contributed by atoms with Crippen molar-refractivity contribution in [2.45, 2.75) is 31.8 Å². The van der Waals surface area contributed by atoms with Gasteiger partial charge in [-0.25, -0.2) is 4.79 Å². The van der Waals surface area contributed by atoms with Crippen LogP contribution in [0.4, 0.5) is 0 Å². The Morgan fingerprint density at radius 2 is 2.19 bits per heavy atom. The van der Waals surface area contributed by atoms with Gasteiger partial charge in [0.2, 0.25) is 5.91 Å². The maximum atomic E-state index is 11.8. The van der Waals surface area contributed by atoms with Crippen LogP contribution in [0, 0.1) is 12.8 Å². The van der Waals surface area contributed by atoms with Gasteiger partial charge in [0.25, 0.3) is 5.56 Å². The van der Waals surface area contributed by atoms with Crippen LogP contribution in [-0.2, 0) is 9.53 Å². The van der Waals surface area contributed by atoms with Gasteiger partial charge in [-0.1, -0.05) is 0 Å². The van der Waals surface area contributed by atoms with Gasteiger partial charge in [-0.2, -0.15) is 0 Å². The Labute approximate surface area is 119 Å². The predicted molar refractivity (Wildman–Crippen MR) is 70.4 cm³/mol. The molecule has 0 saturated carbocycles. The molecule has 21 heavy (non-hydrogen) atoms. The molecule has 9 heteroatoms. The number of hydrogen-bond donors (Lipinski definition) is 4. The number of amides is 1. The normalized spacial score (nSPS) is 28.7. The Balaban J connectivity index is 2.37. The van der Waals surface area contributed by atoms with Crippen molar-refractivity contribution in [2.75, 3.05) is 6.61 Å². The molecular weight excluding hydrogens is 282 g/mol. The molecular formula is C12H17N3O6. The number of nitrogens with zero attached hydrogens (tertiary/aromatic N) is 1. The second-order valence-corrected chi connectivity index (χ2v) is 5.05. The minimum absolute atomic E-state index is 0.181. The molecule has 4 atom stereocenters. The van der Waals surface area contributed by atoms with Crippen LogP contribution in [0.25, 0.3) is 0 Å². The summed E-state index contributed by atoms with van der Waals surface area (Å²) >= 11 is 0. The van der Waals surface area contributed by atoms with Crippen molar-refractivity contribution in [3.63, 3.8) is 0 Å². The second-order valence-electron chi connectivity index (χ2n) is 5.05. The first-order valence-corrected chi connectivity index (χ1v) is 6.40. The van der Waals surface area contributed by atoms with E-state index < -0.39 is 48.1 Å². The lowest BCUT2D eigenvalue weighted by Crippen LogP contribution is -2.37. The molecule has 0 aromatic carbocycles. The fourth-order valence-electron chi connectivity index (χ4n) is 2.46. The molecule has 1 aliphatic rings. The molecule has 0 bridgehead atoms. The number of H-pyrrole nitrogens is 1. The van der Waals surface area contributed by atoms with Crippen molar-refractivity contribution in [1.29, 1.82) is 0 Å². The highest BCUT2D eigenvalue weighted by molar-refractivity contribution is 5.74. The van der Waals surface area contributed by atoms with Crippen molar-refractivity contribution in [2.24, 2.45) is 11.7 Å². The minimum Gasteiger partial charge on any atom is -0.394 e. The molecule has 0 radical (unpaired) electrons. The number of nitrogens with two attached hydrogens (primary N) is 1. The van der Waals surface area contributed by atoms with E-state index in [0.29, 0.717) is 0 Å². The first-order valence-electron chi connectivity index (χ1n) is 6.40. The molecule has 1 amide bonds. The molecule has 0 aliphatic carbocycles. The second kappa shape index (κ2) is 5.80. The summed E-state index contributed by atoms with van der Waals surface area (Å²) < 4.78 is 6.46. The van der Waals surface area contributed by atoms with Crippen LogP contribution in [0.15, 0.2) is 15.8 Å². The van der Waals surface area contributed by atoms with Crippen LogP contribution in [0.1, 0.15) is 18.2 Å². The lowest BCUT2D eigenvalue weighted by molar-refractivity contribution is -0.120. The Morgan fingerprint density at radius 1 is 1.52 bits per heavy atom. The molecule has 9 nitrogen and oxygen atoms in total. The van der Waals surface area contributed by atoms with Gasteiger partial charge in [0.05, 0.1) is 12.7 Å². The van der Waals surface area contributed by atoms with Gasteiger partial charge >= 0.3 is 5.69 Å². The average Bonchev–Trinajstić information content (AvgIpc) is 2.71. The third-order valence-electron chi connectivity index (χ3n) is 3.56. The summed E-state index contributed by atoms with van der Waals surface area (Å²) in [5, 5.41) is 19.5. The van der Waals surface area contributed by atoms with E-state index >= 15 is 0 Å². The number of rotatable bonds is 4. The Hall–Kier alpha value is -1.97. The van der Waals surface area contributed by atoms with E-state index in [-0.39, 0.29) is 12.0 Å². The highest BCUT2D eigenvalue weighted by atomic mass is 16.5. The number of hydrogen-bond acceptors (Lipinski definition) is 6. The molecule has 1 saturated heterocycles. The summed E-state index contributed by atoms with van der Waals surface area (Å²) in [5.74, 6) is -1.37. The van der Waals surface area contributed by atoms with Gasteiger partial charge < -0.3 is 20.7 Å². The third kappa shape index (κ3) is 2.89. The summed E-state index contributed by atoms with van der Waals surface area (Å²) in [6.07, 6.45) is -2.06. The van der Waals surface area contributed by atoms with Crippen molar-refractivity contribution < 1.29 is 19.7 Å². The van der Waals surface area contributed by atoms with E-state index in [9.17, 15) is 24.6 Å². The number of aromatic nitrogens is 2. The van der Waals surface area contributed by atoms with E-state index in [1.54, 1.807) is 0 Å². The van der Waals surface area contributed by atoms with Crippen molar-refractivity contribution in [1.82, 2.24) is 9.55 Å². The minimum atomic E-state index is -1.21. The molecule has 1 fully saturated rings. The van der Waals surface area contributed by atoms with E-state index in [1.807, 2.05) is 0 Å². The zero-order valence-corrected chi connectivity index (χ0v) is 11.4. The first kappa shape index (κ1) is 15.4. The zero-order valence-electron chi connectivity index (χ0n) is 11.4. The smallest absolute Gasteiger partial charge is 0.330 e. The Kier molecular flexibility index (Phi) is 4.26. The number of aliphatic hydroxyl groups excluding tert-OH is 2. The summed E-state index contributed by atoms with van der Waals surface area (Å²) in [4.78, 5) is 36.3. The van der Waals surface area contributed by atoms with E-state index in [0.717, 1.165) is 4.57 Å². The van der Waals surface area contributed by atoms with E-state index in [1.165, 1.54) is 13.1 Å². The molecule has 1 aromatic heterocycles. The quantitative estimate of drug-likeness (QED) is 0.486. The summed E-state index contributed by atoms with van der Waals surface area (Å²) in [7, 11) is 0. The summed E-state index contributed by atoms with van der Waals surface area (Å²) in [5.41, 5.74) is 4.10. The molecule has 1 aromatic rings. The molecule has 0 spiro atoms. The molecule has 1 unspecified atom stereocenters. The highest BCUT2D eigenvalue weighted by Crippen LogP contribution is 2.34. The molecule has 2 heterocycles. The number of carbonyl (C=O) groups excluding carboxylic acids is 1. The molecule has 1 aliphatic heterocycles. The Morgan fingerprint density at radius 3 is 2.76 bits per heavy atom. The van der Waals surface area contributed by atoms with Crippen molar-refractivity contribution >= 4 is 5.91 Å². The van der Waals surface area contributed by atoms with Crippen LogP contribution >= 0.6 is 0 Å². The fraction of sp³-hybridized carbons (Fsp3) is 0.583. The van der Waals surface area contributed by atoms with Gasteiger partial charge in [-0.05, 0) is 6.92 Å². The number of aliphatic hydroxyl groups is 2. The lowest BCUT2D eigenvalue weighted by atomic mass is 9.94. The zero-order chi connectivity index (χ0) is 15.7. The Bertz CT molecular complexity index is 651. The first-order chi connectivity index (χ1) is 9.85. The lowest BCUT2D eigenvalue weighted by Gasteiger charge is -2.18. The fourth-order valence-corrected chi connectivity index (χ4v) is 2.46. The van der Waals surface area contributed by atoms with Gasteiger partial charge in [-0.3, -0.25) is 19.1 Å². The van der Waals surface area contributed by atoms with Gasteiger partial charge in [0.15, 0.2) is 6.23 Å². The van der Waals surface area contributed by atoms with Crippen LogP contribution in [0.5, 0.6) is 0 Å².